The molecule has 25 heavy (non-hydrogen) atoms. The Labute approximate surface area is 146 Å². The molecule has 1 fully saturated rings. The zero-order valence-electron chi connectivity index (χ0n) is 14.1. The molecular formula is C18H23N5O2. The van der Waals surface area contributed by atoms with Crippen molar-refractivity contribution in [2.75, 3.05) is 25.4 Å². The Bertz CT molecular complexity index is 795. The fourth-order valence-electron chi connectivity index (χ4n) is 3.83. The monoisotopic (exact) mass is 341 g/mol. The van der Waals surface area contributed by atoms with Crippen LogP contribution in [0, 0.1) is 0 Å². The van der Waals surface area contributed by atoms with Crippen LogP contribution in [0.1, 0.15) is 46.4 Å². The molecule has 2 aromatic rings. The van der Waals surface area contributed by atoms with E-state index in [1.54, 1.807) is 4.68 Å². The van der Waals surface area contributed by atoms with Gasteiger partial charge in [0.25, 0.3) is 5.91 Å². The smallest absolute Gasteiger partial charge is 0.254 e. The van der Waals surface area contributed by atoms with Gasteiger partial charge in [-0.2, -0.15) is 5.10 Å². The first-order chi connectivity index (χ1) is 12.1. The van der Waals surface area contributed by atoms with E-state index in [2.05, 4.69) is 5.32 Å². The van der Waals surface area contributed by atoms with Crippen LogP contribution >= 0.6 is 0 Å². The summed E-state index contributed by atoms with van der Waals surface area (Å²) in [5.41, 5.74) is 14.0. The van der Waals surface area contributed by atoms with Gasteiger partial charge in [-0.1, -0.05) is 18.2 Å². The number of para-hydroxylation sites is 1. The fraction of sp³-hybridized carbons (Fsp3) is 0.444. The standard InChI is InChI=1S/C18H23N5O2/c19-17-15(18(20)24)16(22-23(17)13-5-3-7-21-9-13)12-8-11-4-1-2-6-14(11)25-10-12/h1-2,4,6,12-13,21H,3,5,7-10,19H2,(H2,20,24)/t12?,13-/m1/s1. The summed E-state index contributed by atoms with van der Waals surface area (Å²) in [4.78, 5) is 12.1. The zero-order chi connectivity index (χ0) is 17.4. The van der Waals surface area contributed by atoms with Gasteiger partial charge in [0.15, 0.2) is 0 Å². The number of nitrogens with zero attached hydrogens (tertiary/aromatic N) is 2. The minimum absolute atomic E-state index is 0.0301. The molecule has 1 aromatic heterocycles. The van der Waals surface area contributed by atoms with E-state index >= 15 is 0 Å². The summed E-state index contributed by atoms with van der Waals surface area (Å²) in [7, 11) is 0. The normalized spacial score (nSPS) is 22.9. The largest absolute Gasteiger partial charge is 0.493 e. The number of carbonyl (C=O) groups excluding carboxylic acids is 1. The van der Waals surface area contributed by atoms with Crippen LogP contribution in [-0.2, 0) is 6.42 Å². The quantitative estimate of drug-likeness (QED) is 0.777. The number of hydrogen-bond acceptors (Lipinski definition) is 5. The van der Waals surface area contributed by atoms with Crippen LogP contribution in [-0.4, -0.2) is 35.4 Å². The van der Waals surface area contributed by atoms with Gasteiger partial charge in [0.2, 0.25) is 0 Å². The number of nitrogen functional groups attached to an aromatic ring is 1. The third-order valence-corrected chi connectivity index (χ3v) is 5.10. The van der Waals surface area contributed by atoms with Crippen molar-refractivity contribution in [1.82, 2.24) is 15.1 Å². The number of primary amides is 1. The van der Waals surface area contributed by atoms with E-state index in [0.717, 1.165) is 43.7 Å². The minimum atomic E-state index is -0.527. The van der Waals surface area contributed by atoms with Crippen LogP contribution in [0.15, 0.2) is 24.3 Å². The lowest BCUT2D eigenvalue weighted by Crippen LogP contribution is -2.32. The highest BCUT2D eigenvalue weighted by atomic mass is 16.5. The van der Waals surface area contributed by atoms with Gasteiger partial charge in [0.1, 0.15) is 17.1 Å². The number of piperidine rings is 1. The molecule has 2 atom stereocenters. The lowest BCUT2D eigenvalue weighted by molar-refractivity contribution is 0.0999. The molecule has 1 unspecified atom stereocenters. The molecule has 0 spiro atoms. The molecule has 0 radical (unpaired) electrons. The van der Waals surface area contributed by atoms with Crippen molar-refractivity contribution in [3.63, 3.8) is 0 Å². The molecule has 7 heteroatoms. The van der Waals surface area contributed by atoms with Gasteiger partial charge in [-0.3, -0.25) is 4.79 Å². The second-order valence-electron chi connectivity index (χ2n) is 6.77. The molecule has 0 bridgehead atoms. The number of nitrogens with one attached hydrogen (secondary N) is 1. The van der Waals surface area contributed by atoms with Crippen molar-refractivity contribution in [2.24, 2.45) is 5.73 Å². The summed E-state index contributed by atoms with van der Waals surface area (Å²) in [6.07, 6.45) is 2.81. The molecule has 0 aliphatic carbocycles. The molecule has 7 nitrogen and oxygen atoms in total. The van der Waals surface area contributed by atoms with Gasteiger partial charge < -0.3 is 21.5 Å². The van der Waals surface area contributed by atoms with Gasteiger partial charge in [0.05, 0.1) is 18.3 Å². The number of benzene rings is 1. The number of amides is 1. The predicted molar refractivity (Wildman–Crippen MR) is 94.7 cm³/mol. The number of fused-ring (bicyclic) bond motifs is 1. The van der Waals surface area contributed by atoms with Crippen molar-refractivity contribution in [1.29, 1.82) is 0 Å². The highest BCUT2D eigenvalue weighted by Crippen LogP contribution is 2.35. The Balaban J connectivity index is 1.70. The maximum absolute atomic E-state index is 12.1. The number of rotatable bonds is 3. The number of aromatic nitrogens is 2. The molecular weight excluding hydrogens is 318 g/mol. The Morgan fingerprint density at radius 3 is 2.96 bits per heavy atom. The maximum Gasteiger partial charge on any atom is 0.254 e. The summed E-state index contributed by atoms with van der Waals surface area (Å²) in [6, 6.07) is 8.09. The Kier molecular flexibility index (Phi) is 4.09. The second kappa shape index (κ2) is 6.40. The average Bonchev–Trinajstić information content (AvgIpc) is 2.99. The third-order valence-electron chi connectivity index (χ3n) is 5.10. The van der Waals surface area contributed by atoms with Crippen LogP contribution in [0.25, 0.3) is 0 Å². The van der Waals surface area contributed by atoms with Gasteiger partial charge >= 0.3 is 0 Å². The van der Waals surface area contributed by atoms with E-state index in [9.17, 15) is 4.79 Å². The molecule has 5 N–H and O–H groups in total. The van der Waals surface area contributed by atoms with Gasteiger partial charge in [-0.15, -0.1) is 0 Å². The predicted octanol–water partition coefficient (Wildman–Crippen LogP) is 1.21. The molecule has 4 rings (SSSR count). The van der Waals surface area contributed by atoms with Crippen LogP contribution in [0.4, 0.5) is 5.82 Å². The van der Waals surface area contributed by atoms with Crippen LogP contribution in [0.2, 0.25) is 0 Å². The Hall–Kier alpha value is -2.54. The molecule has 3 heterocycles. The van der Waals surface area contributed by atoms with Crippen molar-refractivity contribution < 1.29 is 9.53 Å². The number of nitrogens with two attached hydrogens (primary N) is 2. The van der Waals surface area contributed by atoms with Gasteiger partial charge in [-0.25, -0.2) is 4.68 Å². The van der Waals surface area contributed by atoms with E-state index < -0.39 is 5.91 Å². The summed E-state index contributed by atoms with van der Waals surface area (Å²) < 4.78 is 7.65. The van der Waals surface area contributed by atoms with Crippen LogP contribution in [0.5, 0.6) is 5.75 Å². The summed E-state index contributed by atoms with van der Waals surface area (Å²) >= 11 is 0. The van der Waals surface area contributed by atoms with Crippen molar-refractivity contribution in [3.8, 4) is 5.75 Å². The number of carbonyl (C=O) groups is 1. The first kappa shape index (κ1) is 16.0. The molecule has 132 valence electrons. The molecule has 0 saturated carbocycles. The fourth-order valence-corrected chi connectivity index (χ4v) is 3.83. The molecule has 1 aromatic carbocycles. The Morgan fingerprint density at radius 1 is 1.36 bits per heavy atom. The molecule has 1 saturated heterocycles. The van der Waals surface area contributed by atoms with Gasteiger partial charge in [-0.05, 0) is 37.4 Å². The van der Waals surface area contributed by atoms with Gasteiger partial charge in [0, 0.05) is 12.5 Å². The average molecular weight is 341 g/mol. The third kappa shape index (κ3) is 2.84. The number of anilines is 1. The first-order valence-corrected chi connectivity index (χ1v) is 8.74. The van der Waals surface area contributed by atoms with Crippen LogP contribution < -0.4 is 21.5 Å². The van der Waals surface area contributed by atoms with E-state index in [1.807, 2.05) is 24.3 Å². The van der Waals surface area contributed by atoms with E-state index in [1.165, 1.54) is 0 Å². The summed E-state index contributed by atoms with van der Waals surface area (Å²) in [5.74, 6) is 0.706. The van der Waals surface area contributed by atoms with Crippen LogP contribution in [0.3, 0.4) is 0 Å². The van der Waals surface area contributed by atoms with E-state index in [-0.39, 0.29) is 12.0 Å². The highest BCUT2D eigenvalue weighted by Gasteiger charge is 2.32. The number of ether oxygens (including phenoxy) is 1. The minimum Gasteiger partial charge on any atom is -0.493 e. The second-order valence-corrected chi connectivity index (χ2v) is 6.77. The maximum atomic E-state index is 12.1. The first-order valence-electron chi connectivity index (χ1n) is 8.74. The van der Waals surface area contributed by atoms with Crippen molar-refractivity contribution >= 4 is 11.7 Å². The topological polar surface area (TPSA) is 108 Å². The molecule has 1 amide bonds. The summed E-state index contributed by atoms with van der Waals surface area (Å²) in [6.45, 7) is 2.27. The van der Waals surface area contributed by atoms with Crippen molar-refractivity contribution in [3.05, 3.63) is 41.1 Å². The van der Waals surface area contributed by atoms with E-state index in [0.29, 0.717) is 23.7 Å². The molecule has 2 aliphatic heterocycles. The lowest BCUT2D eigenvalue weighted by Gasteiger charge is -2.25. The SMILES string of the molecule is NC(=O)c1c(C2COc3ccccc3C2)nn([C@@H]2CCCNC2)c1N. The summed E-state index contributed by atoms with van der Waals surface area (Å²) in [5, 5.41) is 8.08. The van der Waals surface area contributed by atoms with Crippen molar-refractivity contribution in [2.45, 2.75) is 31.2 Å². The Morgan fingerprint density at radius 2 is 2.20 bits per heavy atom. The highest BCUT2D eigenvalue weighted by molar-refractivity contribution is 5.98. The lowest BCUT2D eigenvalue weighted by atomic mass is 9.92. The zero-order valence-corrected chi connectivity index (χ0v) is 14.1. The number of hydrogen-bond donors (Lipinski definition) is 3. The van der Waals surface area contributed by atoms with E-state index in [4.69, 9.17) is 21.3 Å². The molecule has 2 aliphatic rings.